The topological polar surface area (TPSA) is 79.7 Å². The molecule has 1 saturated heterocycles. The summed E-state index contributed by atoms with van der Waals surface area (Å²) in [5.41, 5.74) is 0.375. The van der Waals surface area contributed by atoms with Crippen LogP contribution in [0.2, 0.25) is 0 Å². The number of aliphatic hydroxyl groups is 1. The number of ether oxygens (including phenoxy) is 2. The van der Waals surface area contributed by atoms with Crippen LogP contribution in [0.25, 0.3) is 0 Å². The van der Waals surface area contributed by atoms with Crippen LogP contribution in [0.3, 0.4) is 0 Å². The number of hydrogen-bond donors (Lipinski definition) is 2. The molecule has 3 rings (SSSR count). The molecule has 0 saturated carbocycles. The number of aromatic nitrogens is 2. The van der Waals surface area contributed by atoms with Crippen LogP contribution in [0.1, 0.15) is 25.3 Å². The highest BCUT2D eigenvalue weighted by atomic mass is 16.5. The molecule has 1 aromatic carbocycles. The highest BCUT2D eigenvalue weighted by Gasteiger charge is 2.33. The minimum Gasteiger partial charge on any atom is -0.491 e. The van der Waals surface area contributed by atoms with Gasteiger partial charge in [-0.2, -0.15) is 0 Å². The van der Waals surface area contributed by atoms with Crippen molar-refractivity contribution in [2.45, 2.75) is 31.9 Å². The third-order valence-electron chi connectivity index (χ3n) is 4.80. The molecule has 1 aliphatic rings. The van der Waals surface area contributed by atoms with E-state index in [4.69, 9.17) is 9.47 Å². The minimum absolute atomic E-state index is 0.531. The Balaban J connectivity index is 1.43. The molecular formula is C21H30N4O3. The van der Waals surface area contributed by atoms with Gasteiger partial charge in [-0.15, -0.1) is 0 Å². The van der Waals surface area contributed by atoms with Gasteiger partial charge in [-0.05, 0) is 43.5 Å². The zero-order valence-electron chi connectivity index (χ0n) is 16.5. The van der Waals surface area contributed by atoms with Gasteiger partial charge in [0, 0.05) is 38.6 Å². The molecule has 2 N–H and O–H groups in total. The zero-order chi connectivity index (χ0) is 19.7. The molecule has 2 aromatic rings. The van der Waals surface area contributed by atoms with Gasteiger partial charge in [0.25, 0.3) is 0 Å². The van der Waals surface area contributed by atoms with Gasteiger partial charge in [0.1, 0.15) is 12.4 Å². The van der Waals surface area contributed by atoms with E-state index in [2.05, 4.69) is 20.2 Å². The van der Waals surface area contributed by atoms with Crippen molar-refractivity contribution >= 4 is 5.95 Å². The quantitative estimate of drug-likeness (QED) is 0.605. The first-order chi connectivity index (χ1) is 13.7. The third-order valence-corrected chi connectivity index (χ3v) is 4.80. The van der Waals surface area contributed by atoms with Crippen molar-refractivity contribution in [2.24, 2.45) is 0 Å². The average Bonchev–Trinajstić information content (AvgIpc) is 2.73. The number of β-amino-alcohol motifs (C(OH)–C–C–N with tert-alkyl or cyclic N) is 1. The Morgan fingerprint density at radius 3 is 2.71 bits per heavy atom. The smallest absolute Gasteiger partial charge is 0.225 e. The number of nitrogens with zero attached hydrogens (tertiary/aromatic N) is 3. The van der Waals surface area contributed by atoms with Crippen molar-refractivity contribution in [2.75, 3.05) is 44.4 Å². The molecule has 1 aliphatic heterocycles. The first kappa shape index (κ1) is 20.5. The van der Waals surface area contributed by atoms with E-state index in [-0.39, 0.29) is 0 Å². The molecule has 0 unspecified atom stereocenters. The fourth-order valence-corrected chi connectivity index (χ4v) is 3.39. The predicted molar refractivity (Wildman–Crippen MR) is 109 cm³/mol. The number of rotatable bonds is 10. The van der Waals surface area contributed by atoms with Crippen molar-refractivity contribution in [1.82, 2.24) is 15.3 Å². The van der Waals surface area contributed by atoms with E-state index >= 15 is 0 Å². The Morgan fingerprint density at radius 2 is 1.96 bits per heavy atom. The van der Waals surface area contributed by atoms with Gasteiger partial charge in [-0.1, -0.05) is 12.1 Å². The molecule has 1 aromatic heterocycles. The molecule has 2 heterocycles. The molecule has 28 heavy (non-hydrogen) atoms. The lowest BCUT2D eigenvalue weighted by Crippen LogP contribution is -2.53. The van der Waals surface area contributed by atoms with Crippen LogP contribution in [-0.2, 0) is 11.3 Å². The van der Waals surface area contributed by atoms with Crippen LogP contribution in [0.15, 0.2) is 42.7 Å². The van der Waals surface area contributed by atoms with Gasteiger partial charge in [0.05, 0.1) is 18.8 Å². The van der Waals surface area contributed by atoms with E-state index in [0.717, 1.165) is 30.7 Å². The molecule has 1 fully saturated rings. The molecule has 7 heteroatoms. The fourth-order valence-electron chi connectivity index (χ4n) is 3.39. The molecule has 0 bridgehead atoms. The first-order valence-corrected chi connectivity index (χ1v) is 9.93. The molecule has 0 radical (unpaired) electrons. The average molecular weight is 386 g/mol. The first-order valence-electron chi connectivity index (χ1n) is 9.93. The fraction of sp³-hybridized carbons (Fsp3) is 0.524. The van der Waals surface area contributed by atoms with Crippen LogP contribution in [0, 0.1) is 0 Å². The Bertz CT molecular complexity index is 699. The lowest BCUT2D eigenvalue weighted by molar-refractivity contribution is 0.0256. The highest BCUT2D eigenvalue weighted by Crippen LogP contribution is 2.23. The SMILES string of the molecule is CCOCCOc1ccc(CNC[C@]2(O)CCCN(c3ncccn3)C2)cc1. The van der Waals surface area contributed by atoms with Gasteiger partial charge in [0.2, 0.25) is 5.95 Å². The second-order valence-electron chi connectivity index (χ2n) is 7.09. The molecular weight excluding hydrogens is 356 g/mol. The van der Waals surface area contributed by atoms with E-state index in [1.54, 1.807) is 18.5 Å². The standard InChI is InChI=1S/C21H30N4O3/c1-2-27-13-14-28-19-7-5-18(6-8-19)15-22-16-21(26)9-3-12-25(17-21)20-23-10-4-11-24-20/h4-8,10-11,22,26H,2-3,9,12-17H2,1H3/t21-/m1/s1. The third kappa shape index (κ3) is 6.15. The van der Waals surface area contributed by atoms with Crippen molar-refractivity contribution in [3.8, 4) is 5.75 Å². The number of benzene rings is 1. The van der Waals surface area contributed by atoms with Gasteiger partial charge in [-0.25, -0.2) is 9.97 Å². The van der Waals surface area contributed by atoms with E-state index in [0.29, 0.717) is 45.4 Å². The monoisotopic (exact) mass is 386 g/mol. The molecule has 1 atom stereocenters. The maximum atomic E-state index is 11.0. The summed E-state index contributed by atoms with van der Waals surface area (Å²) in [5.74, 6) is 1.52. The number of piperidine rings is 1. The molecule has 152 valence electrons. The van der Waals surface area contributed by atoms with E-state index < -0.39 is 5.60 Å². The van der Waals surface area contributed by atoms with Crippen LogP contribution in [-0.4, -0.2) is 60.1 Å². The van der Waals surface area contributed by atoms with Crippen molar-refractivity contribution < 1.29 is 14.6 Å². The van der Waals surface area contributed by atoms with Crippen molar-refractivity contribution in [3.63, 3.8) is 0 Å². The van der Waals surface area contributed by atoms with Crippen LogP contribution >= 0.6 is 0 Å². The summed E-state index contributed by atoms with van der Waals surface area (Å²) in [7, 11) is 0. The summed E-state index contributed by atoms with van der Waals surface area (Å²) in [4.78, 5) is 10.7. The van der Waals surface area contributed by atoms with E-state index in [1.807, 2.05) is 31.2 Å². The van der Waals surface area contributed by atoms with Crippen LogP contribution < -0.4 is 15.0 Å². The van der Waals surface area contributed by atoms with Gasteiger partial charge >= 0.3 is 0 Å². The molecule has 0 aliphatic carbocycles. The maximum absolute atomic E-state index is 11.0. The normalized spacial score (nSPS) is 19.6. The number of hydrogen-bond acceptors (Lipinski definition) is 7. The van der Waals surface area contributed by atoms with Crippen LogP contribution in [0.5, 0.6) is 5.75 Å². The summed E-state index contributed by atoms with van der Waals surface area (Å²) >= 11 is 0. The Morgan fingerprint density at radius 1 is 1.18 bits per heavy atom. The summed E-state index contributed by atoms with van der Waals surface area (Å²) in [6.07, 6.45) is 5.16. The lowest BCUT2D eigenvalue weighted by Gasteiger charge is -2.39. The number of nitrogens with one attached hydrogen (secondary N) is 1. The molecule has 7 nitrogen and oxygen atoms in total. The maximum Gasteiger partial charge on any atom is 0.225 e. The van der Waals surface area contributed by atoms with Crippen LogP contribution in [0.4, 0.5) is 5.95 Å². The largest absolute Gasteiger partial charge is 0.491 e. The zero-order valence-corrected chi connectivity index (χ0v) is 16.5. The Kier molecular flexibility index (Phi) is 7.59. The van der Waals surface area contributed by atoms with Crippen molar-refractivity contribution in [3.05, 3.63) is 48.3 Å². The van der Waals surface area contributed by atoms with Gasteiger partial charge in [-0.3, -0.25) is 0 Å². The Hall–Kier alpha value is -2.22. The van der Waals surface area contributed by atoms with Gasteiger partial charge < -0.3 is 24.8 Å². The predicted octanol–water partition coefficient (Wildman–Crippen LogP) is 2.01. The number of anilines is 1. The highest BCUT2D eigenvalue weighted by molar-refractivity contribution is 5.31. The second kappa shape index (κ2) is 10.4. The van der Waals surface area contributed by atoms with Gasteiger partial charge in [0.15, 0.2) is 0 Å². The van der Waals surface area contributed by atoms with Crippen molar-refractivity contribution in [1.29, 1.82) is 0 Å². The molecule has 0 spiro atoms. The summed E-state index contributed by atoms with van der Waals surface area (Å²) in [6, 6.07) is 9.81. The van der Waals surface area contributed by atoms with E-state index in [9.17, 15) is 5.11 Å². The minimum atomic E-state index is -0.778. The molecule has 0 amide bonds. The Labute approximate surface area is 166 Å². The lowest BCUT2D eigenvalue weighted by atomic mass is 9.93. The summed E-state index contributed by atoms with van der Waals surface area (Å²) < 4.78 is 10.9. The summed E-state index contributed by atoms with van der Waals surface area (Å²) in [6.45, 7) is 6.47. The second-order valence-corrected chi connectivity index (χ2v) is 7.09. The summed E-state index contributed by atoms with van der Waals surface area (Å²) in [5, 5.41) is 14.4. The van der Waals surface area contributed by atoms with E-state index in [1.165, 1.54) is 0 Å².